The Morgan fingerprint density at radius 1 is 1.77 bits per heavy atom. The predicted octanol–water partition coefficient (Wildman–Crippen LogP) is -0.293. The van der Waals surface area contributed by atoms with Crippen molar-refractivity contribution in [1.82, 2.24) is 4.90 Å². The Kier molecular flexibility index (Phi) is 3.69. The summed E-state index contributed by atoms with van der Waals surface area (Å²) in [4.78, 5) is 13.4. The zero-order valence-electron chi connectivity index (χ0n) is 8.07. The number of hydrogen-bond acceptors (Lipinski definition) is 3. The molecule has 0 radical (unpaired) electrons. The first-order valence-electron chi connectivity index (χ1n) is 4.87. The third-order valence-electron chi connectivity index (χ3n) is 2.63. The quantitative estimate of drug-likeness (QED) is 0.636. The van der Waals surface area contributed by atoms with E-state index in [-0.39, 0.29) is 18.6 Å². The molecule has 0 spiro atoms. The Labute approximate surface area is 78.7 Å². The lowest BCUT2D eigenvalue weighted by Gasteiger charge is -2.25. The molecule has 0 aromatic heterocycles. The van der Waals surface area contributed by atoms with Crippen molar-refractivity contribution in [2.24, 2.45) is 5.73 Å². The summed E-state index contributed by atoms with van der Waals surface area (Å²) < 4.78 is 0. The normalized spacial score (nSPS) is 24.8. The van der Waals surface area contributed by atoms with Gasteiger partial charge in [-0.1, -0.05) is 6.92 Å². The SMILES string of the molecule is CCC(N)C(=O)N1CCC[C@@H]1CO. The lowest BCUT2D eigenvalue weighted by molar-refractivity contribution is -0.134. The monoisotopic (exact) mass is 186 g/mol. The van der Waals surface area contributed by atoms with E-state index in [1.165, 1.54) is 0 Å². The number of nitrogens with two attached hydrogens (primary N) is 1. The van der Waals surface area contributed by atoms with E-state index in [4.69, 9.17) is 10.8 Å². The van der Waals surface area contributed by atoms with E-state index in [2.05, 4.69) is 0 Å². The first-order valence-corrected chi connectivity index (χ1v) is 4.87. The van der Waals surface area contributed by atoms with Gasteiger partial charge in [0.15, 0.2) is 0 Å². The van der Waals surface area contributed by atoms with Crippen molar-refractivity contribution in [2.75, 3.05) is 13.2 Å². The van der Waals surface area contributed by atoms with Crippen molar-refractivity contribution in [1.29, 1.82) is 0 Å². The van der Waals surface area contributed by atoms with Crippen LogP contribution in [0.5, 0.6) is 0 Å². The summed E-state index contributed by atoms with van der Waals surface area (Å²) in [6.07, 6.45) is 2.54. The number of likely N-dealkylation sites (tertiary alicyclic amines) is 1. The molecule has 1 fully saturated rings. The third kappa shape index (κ3) is 2.19. The maximum Gasteiger partial charge on any atom is 0.239 e. The standard InChI is InChI=1S/C9H18N2O2/c1-2-8(10)9(13)11-5-3-4-7(11)6-12/h7-8,12H,2-6,10H2,1H3/t7-,8?/m1/s1. The number of nitrogens with zero attached hydrogens (tertiary/aromatic N) is 1. The summed E-state index contributed by atoms with van der Waals surface area (Å²) >= 11 is 0. The molecular weight excluding hydrogens is 168 g/mol. The number of hydrogen-bond donors (Lipinski definition) is 2. The van der Waals surface area contributed by atoms with E-state index >= 15 is 0 Å². The molecule has 3 N–H and O–H groups in total. The molecule has 4 nitrogen and oxygen atoms in total. The Bertz CT molecular complexity index is 184. The van der Waals surface area contributed by atoms with Gasteiger partial charge in [-0.05, 0) is 19.3 Å². The van der Waals surface area contributed by atoms with Crippen LogP contribution in [0.25, 0.3) is 0 Å². The Morgan fingerprint density at radius 3 is 3.00 bits per heavy atom. The van der Waals surface area contributed by atoms with E-state index in [0.29, 0.717) is 6.42 Å². The molecule has 0 saturated carbocycles. The van der Waals surface area contributed by atoms with E-state index in [0.717, 1.165) is 19.4 Å². The molecule has 1 aliphatic heterocycles. The van der Waals surface area contributed by atoms with Crippen LogP contribution < -0.4 is 5.73 Å². The molecular formula is C9H18N2O2. The maximum absolute atomic E-state index is 11.6. The van der Waals surface area contributed by atoms with Crippen LogP contribution in [0.2, 0.25) is 0 Å². The number of aliphatic hydroxyl groups excluding tert-OH is 1. The van der Waals surface area contributed by atoms with Gasteiger partial charge in [-0.25, -0.2) is 0 Å². The number of amides is 1. The number of aliphatic hydroxyl groups is 1. The van der Waals surface area contributed by atoms with Gasteiger partial charge in [-0.15, -0.1) is 0 Å². The van der Waals surface area contributed by atoms with Crippen molar-refractivity contribution in [2.45, 2.75) is 38.3 Å². The van der Waals surface area contributed by atoms with Gasteiger partial charge in [0.1, 0.15) is 0 Å². The maximum atomic E-state index is 11.6. The summed E-state index contributed by atoms with van der Waals surface area (Å²) in [5, 5.41) is 9.01. The highest BCUT2D eigenvalue weighted by Crippen LogP contribution is 2.17. The summed E-state index contributed by atoms with van der Waals surface area (Å²) in [5.74, 6) is -0.0148. The molecule has 1 rings (SSSR count). The van der Waals surface area contributed by atoms with Gasteiger partial charge in [0.05, 0.1) is 18.7 Å². The zero-order valence-corrected chi connectivity index (χ0v) is 8.07. The largest absolute Gasteiger partial charge is 0.394 e. The number of carbonyl (C=O) groups excluding carboxylic acids is 1. The summed E-state index contributed by atoms with van der Waals surface area (Å²) in [6.45, 7) is 2.70. The molecule has 1 unspecified atom stereocenters. The Balaban J connectivity index is 2.54. The van der Waals surface area contributed by atoms with E-state index in [1.807, 2.05) is 6.92 Å². The van der Waals surface area contributed by atoms with E-state index in [9.17, 15) is 4.79 Å². The fourth-order valence-electron chi connectivity index (χ4n) is 1.70. The van der Waals surface area contributed by atoms with Crippen LogP contribution in [0.3, 0.4) is 0 Å². The zero-order chi connectivity index (χ0) is 9.84. The minimum Gasteiger partial charge on any atom is -0.394 e. The van der Waals surface area contributed by atoms with Gasteiger partial charge < -0.3 is 15.7 Å². The third-order valence-corrected chi connectivity index (χ3v) is 2.63. The topological polar surface area (TPSA) is 66.6 Å². The predicted molar refractivity (Wildman–Crippen MR) is 50.1 cm³/mol. The lowest BCUT2D eigenvalue weighted by atomic mass is 10.2. The van der Waals surface area contributed by atoms with Gasteiger partial charge in [0.2, 0.25) is 5.91 Å². The highest BCUT2D eigenvalue weighted by atomic mass is 16.3. The number of rotatable bonds is 3. The Morgan fingerprint density at radius 2 is 2.46 bits per heavy atom. The molecule has 2 atom stereocenters. The molecule has 0 bridgehead atoms. The second kappa shape index (κ2) is 4.58. The van der Waals surface area contributed by atoms with Crippen LogP contribution in [0, 0.1) is 0 Å². The number of carbonyl (C=O) groups is 1. The van der Waals surface area contributed by atoms with Crippen LogP contribution in [0.1, 0.15) is 26.2 Å². The summed E-state index contributed by atoms with van der Waals surface area (Å²) in [6, 6.07) is -0.391. The summed E-state index contributed by atoms with van der Waals surface area (Å²) in [7, 11) is 0. The highest BCUT2D eigenvalue weighted by Gasteiger charge is 2.30. The van der Waals surface area contributed by atoms with E-state index in [1.54, 1.807) is 4.90 Å². The minimum atomic E-state index is -0.396. The fourth-order valence-corrected chi connectivity index (χ4v) is 1.70. The van der Waals surface area contributed by atoms with E-state index < -0.39 is 6.04 Å². The van der Waals surface area contributed by atoms with Gasteiger partial charge in [0, 0.05) is 6.54 Å². The second-order valence-electron chi connectivity index (χ2n) is 3.52. The average molecular weight is 186 g/mol. The van der Waals surface area contributed by atoms with Gasteiger partial charge in [-0.3, -0.25) is 4.79 Å². The molecule has 1 amide bonds. The van der Waals surface area contributed by atoms with Crippen LogP contribution in [0.4, 0.5) is 0 Å². The molecule has 1 saturated heterocycles. The van der Waals surface area contributed by atoms with Crippen molar-refractivity contribution in [3.63, 3.8) is 0 Å². The fraction of sp³-hybridized carbons (Fsp3) is 0.889. The molecule has 13 heavy (non-hydrogen) atoms. The van der Waals surface area contributed by atoms with Crippen molar-refractivity contribution >= 4 is 5.91 Å². The lowest BCUT2D eigenvalue weighted by Crippen LogP contribution is -2.46. The molecule has 0 aromatic carbocycles. The second-order valence-corrected chi connectivity index (χ2v) is 3.52. The van der Waals surface area contributed by atoms with Crippen molar-refractivity contribution in [3.8, 4) is 0 Å². The van der Waals surface area contributed by atoms with Crippen LogP contribution >= 0.6 is 0 Å². The van der Waals surface area contributed by atoms with Crippen LogP contribution in [-0.2, 0) is 4.79 Å². The molecule has 0 aromatic rings. The first kappa shape index (κ1) is 10.5. The van der Waals surface area contributed by atoms with Crippen molar-refractivity contribution < 1.29 is 9.90 Å². The molecule has 0 aliphatic carbocycles. The molecule has 1 aliphatic rings. The smallest absolute Gasteiger partial charge is 0.239 e. The average Bonchev–Trinajstić information content (AvgIpc) is 2.62. The van der Waals surface area contributed by atoms with Crippen LogP contribution in [0.15, 0.2) is 0 Å². The molecule has 76 valence electrons. The van der Waals surface area contributed by atoms with Gasteiger partial charge in [-0.2, -0.15) is 0 Å². The highest BCUT2D eigenvalue weighted by molar-refractivity contribution is 5.82. The molecule has 1 heterocycles. The van der Waals surface area contributed by atoms with Crippen molar-refractivity contribution in [3.05, 3.63) is 0 Å². The van der Waals surface area contributed by atoms with Gasteiger partial charge >= 0.3 is 0 Å². The van der Waals surface area contributed by atoms with Crippen LogP contribution in [-0.4, -0.2) is 41.1 Å². The van der Waals surface area contributed by atoms with Gasteiger partial charge in [0.25, 0.3) is 0 Å². The molecule has 4 heteroatoms. The first-order chi connectivity index (χ1) is 6.20. The minimum absolute atomic E-state index is 0.00472. The summed E-state index contributed by atoms with van der Waals surface area (Å²) in [5.41, 5.74) is 5.64. The Hall–Kier alpha value is -0.610.